The van der Waals surface area contributed by atoms with E-state index in [1.54, 1.807) is 12.1 Å². The zero-order valence-electron chi connectivity index (χ0n) is 30.4. The molecule has 1 fully saturated rings. The third-order valence-corrected chi connectivity index (χ3v) is 20.3. The van der Waals surface area contributed by atoms with Gasteiger partial charge in [0.2, 0.25) is 0 Å². The van der Waals surface area contributed by atoms with Crippen molar-refractivity contribution in [1.82, 2.24) is 14.5 Å². The zero-order valence-corrected chi connectivity index (χ0v) is 35.3. The van der Waals surface area contributed by atoms with E-state index >= 15 is 0 Å². The average molecular weight is 831 g/mol. The van der Waals surface area contributed by atoms with Gasteiger partial charge in [0.05, 0.1) is 41.3 Å². The van der Waals surface area contributed by atoms with Crippen LogP contribution in [0.25, 0.3) is 11.0 Å². The van der Waals surface area contributed by atoms with Crippen LogP contribution >= 0.6 is 34.2 Å². The highest BCUT2D eigenvalue weighted by Crippen LogP contribution is 2.44. The number of halogens is 2. The molecule has 1 saturated heterocycles. The maximum absolute atomic E-state index is 12.0. The second kappa shape index (κ2) is 14.6. The third-order valence-electron chi connectivity index (χ3n) is 10.3. The van der Waals surface area contributed by atoms with Crippen molar-refractivity contribution in [3.8, 4) is 0 Å². The summed E-state index contributed by atoms with van der Waals surface area (Å²) in [6, 6.07) is 5.23. The fourth-order valence-corrected chi connectivity index (χ4v) is 8.49. The fourth-order valence-electron chi connectivity index (χ4n) is 5.39. The quantitative estimate of drug-likeness (QED) is 0.0583. The van der Waals surface area contributed by atoms with Gasteiger partial charge in [-0.2, -0.15) is 0 Å². The zero-order chi connectivity index (χ0) is 36.0. The lowest BCUT2D eigenvalue weighted by Crippen LogP contribution is -2.48. The highest BCUT2D eigenvalue weighted by atomic mass is 127. The summed E-state index contributed by atoms with van der Waals surface area (Å²) in [5.41, 5.74) is 2.00. The number of nitrogens with zero attached hydrogens (tertiary/aromatic N) is 4. The lowest BCUT2D eigenvalue weighted by atomic mass is 9.97. The molecule has 0 aliphatic carbocycles. The molecule has 48 heavy (non-hydrogen) atoms. The summed E-state index contributed by atoms with van der Waals surface area (Å²) in [5.74, 6) is -0.0306. The van der Waals surface area contributed by atoms with E-state index in [9.17, 15) is 10.1 Å². The number of nitro groups is 1. The van der Waals surface area contributed by atoms with Crippen LogP contribution in [-0.2, 0) is 24.9 Å². The van der Waals surface area contributed by atoms with Crippen LogP contribution in [0.3, 0.4) is 0 Å². The van der Waals surface area contributed by atoms with Crippen molar-refractivity contribution in [1.29, 1.82) is 0 Å². The number of aromatic nitrogens is 3. The minimum atomic E-state index is -2.14. The molecular formula is C34H52ClIN4O6Si2. The van der Waals surface area contributed by atoms with Crippen LogP contribution in [0.15, 0.2) is 30.7 Å². The second-order valence-corrected chi connectivity index (χ2v) is 27.4. The molecule has 266 valence electrons. The molecule has 10 nitrogen and oxygen atoms in total. The van der Waals surface area contributed by atoms with E-state index in [4.69, 9.17) is 29.9 Å². The second-order valence-electron chi connectivity index (χ2n) is 16.2. The maximum Gasteiger partial charge on any atom is 0.276 e. The molecule has 14 heteroatoms. The first kappa shape index (κ1) is 39.3. The number of rotatable bonds is 12. The van der Waals surface area contributed by atoms with Gasteiger partial charge in [0.15, 0.2) is 16.6 Å². The number of hydrogen-bond donors (Lipinski definition) is 0. The summed E-state index contributed by atoms with van der Waals surface area (Å²) in [7, 11) is -4.19. The van der Waals surface area contributed by atoms with Gasteiger partial charge in [0.25, 0.3) is 5.69 Å². The monoisotopic (exact) mass is 830 g/mol. The van der Waals surface area contributed by atoms with Gasteiger partial charge in [-0.1, -0.05) is 67.0 Å². The summed E-state index contributed by atoms with van der Waals surface area (Å²) in [6.45, 7) is 27.1. The molecule has 3 heterocycles. The van der Waals surface area contributed by atoms with Crippen molar-refractivity contribution in [3.05, 3.63) is 60.7 Å². The van der Waals surface area contributed by atoms with Gasteiger partial charge >= 0.3 is 0 Å². The van der Waals surface area contributed by atoms with Gasteiger partial charge in [0, 0.05) is 27.8 Å². The lowest BCUT2D eigenvalue weighted by Gasteiger charge is -2.40. The molecular weight excluding hydrogens is 779 g/mol. The van der Waals surface area contributed by atoms with E-state index < -0.39 is 22.7 Å². The van der Waals surface area contributed by atoms with Crippen molar-refractivity contribution < 1.29 is 23.2 Å². The van der Waals surface area contributed by atoms with E-state index in [-0.39, 0.29) is 51.6 Å². The van der Waals surface area contributed by atoms with Gasteiger partial charge in [-0.25, -0.2) is 9.97 Å². The minimum Gasteiger partial charge on any atom is -0.414 e. The molecule has 1 unspecified atom stereocenters. The number of hydrogen-bond acceptors (Lipinski definition) is 8. The normalized spacial score (nSPS) is 20.2. The Morgan fingerprint density at radius 1 is 1.10 bits per heavy atom. The number of ether oxygens (including phenoxy) is 2. The van der Waals surface area contributed by atoms with Crippen LogP contribution in [0.1, 0.15) is 85.3 Å². The number of fused-ring (bicyclic) bond motifs is 1. The molecule has 0 spiro atoms. The topological polar surface area (TPSA) is 111 Å². The Bertz CT molecular complexity index is 1620. The third kappa shape index (κ3) is 8.52. The Labute approximate surface area is 306 Å². The molecule has 0 saturated carbocycles. The van der Waals surface area contributed by atoms with Crippen molar-refractivity contribution in [2.75, 3.05) is 6.61 Å². The summed E-state index contributed by atoms with van der Waals surface area (Å²) in [6.07, 6.45) is 2.71. The first-order valence-corrected chi connectivity index (χ1v) is 23.8. The van der Waals surface area contributed by atoms with Crippen molar-refractivity contribution in [3.63, 3.8) is 0 Å². The van der Waals surface area contributed by atoms with Crippen LogP contribution in [-0.4, -0.2) is 54.9 Å². The highest BCUT2D eigenvalue weighted by molar-refractivity contribution is 14.1. The lowest BCUT2D eigenvalue weighted by molar-refractivity contribution is -0.386. The van der Waals surface area contributed by atoms with Crippen molar-refractivity contribution in [2.45, 2.75) is 129 Å². The van der Waals surface area contributed by atoms with Gasteiger partial charge in [-0.3, -0.25) is 10.1 Å². The molecule has 1 aromatic carbocycles. The van der Waals surface area contributed by atoms with Crippen LogP contribution < -0.4 is 0 Å². The Balaban J connectivity index is 1.68. The highest BCUT2D eigenvalue weighted by Gasteiger charge is 2.47. The molecule has 2 aromatic heterocycles. The smallest absolute Gasteiger partial charge is 0.276 e. The summed E-state index contributed by atoms with van der Waals surface area (Å²) >= 11 is 8.80. The Morgan fingerprint density at radius 3 is 2.33 bits per heavy atom. The molecule has 4 rings (SSSR count). The van der Waals surface area contributed by atoms with E-state index in [1.165, 1.54) is 6.33 Å². The number of nitro benzene ring substituents is 1. The van der Waals surface area contributed by atoms with E-state index in [2.05, 4.69) is 100 Å². The van der Waals surface area contributed by atoms with Gasteiger partial charge in [-0.05, 0) is 76.9 Å². The van der Waals surface area contributed by atoms with Crippen LogP contribution in [0, 0.1) is 19.6 Å². The summed E-state index contributed by atoms with van der Waals surface area (Å²) < 4.78 is 29.8. The van der Waals surface area contributed by atoms with Crippen LogP contribution in [0.5, 0.6) is 0 Å². The molecule has 0 amide bonds. The van der Waals surface area contributed by atoms with Crippen molar-refractivity contribution in [2.24, 2.45) is 5.92 Å². The SMILES string of the molecule is CC(C)C(OCc1cn([C@H]2C[C@@H](O[Si](C)(C)C(C)(C)C)[C@@H](CO[Si](C)(C)C(C)(C)C)O2)c2ncnc(Cl)c12)c1ccc(I)cc1[N+](=O)[O-]. The van der Waals surface area contributed by atoms with E-state index in [0.29, 0.717) is 34.8 Å². The predicted octanol–water partition coefficient (Wildman–Crippen LogP) is 10.2. The number of benzene rings is 1. The molecule has 0 bridgehead atoms. The molecule has 4 atom stereocenters. The van der Waals surface area contributed by atoms with Crippen molar-refractivity contribution >= 4 is 67.5 Å². The molecule has 1 aliphatic heterocycles. The molecule has 0 radical (unpaired) electrons. The Hall–Kier alpha value is -1.47. The summed E-state index contributed by atoms with van der Waals surface area (Å²) in [5, 5.41) is 13.0. The van der Waals surface area contributed by atoms with Crippen LogP contribution in [0.2, 0.25) is 41.4 Å². The standard InChI is InChI=1S/C34H52ClIN4O6Si2/c1-21(2)30(24-14-13-23(36)15-25(24)40(41)42)43-18-22-17-39(32-29(22)31(35)37-20-38-32)28-16-26(46-48(11,12)34(6,7)8)27(45-28)19-44-47(9,10)33(3,4)5/h13-15,17,20-21,26-28,30H,16,18-19H2,1-12H3/t26-,27-,28-,30?/m1/s1. The van der Waals surface area contributed by atoms with E-state index in [1.807, 2.05) is 30.7 Å². The Morgan fingerprint density at radius 2 is 1.75 bits per heavy atom. The van der Waals surface area contributed by atoms with E-state index in [0.717, 1.165) is 9.13 Å². The molecule has 0 N–H and O–H groups in total. The maximum atomic E-state index is 12.0. The summed E-state index contributed by atoms with van der Waals surface area (Å²) in [4.78, 5) is 20.5. The Kier molecular flexibility index (Phi) is 12.0. The molecule has 1 aliphatic rings. The largest absolute Gasteiger partial charge is 0.414 e. The van der Waals surface area contributed by atoms with Gasteiger partial charge in [0.1, 0.15) is 29.5 Å². The van der Waals surface area contributed by atoms with Gasteiger partial charge < -0.3 is 22.9 Å². The van der Waals surface area contributed by atoms with Crippen LogP contribution in [0.4, 0.5) is 5.69 Å². The first-order chi connectivity index (χ1) is 22.0. The average Bonchev–Trinajstić information content (AvgIpc) is 3.52. The fraction of sp³-hybridized carbons (Fsp3) is 0.647. The van der Waals surface area contributed by atoms with Gasteiger partial charge in [-0.15, -0.1) is 0 Å². The minimum absolute atomic E-state index is 0.0282. The molecule has 3 aromatic rings. The predicted molar refractivity (Wildman–Crippen MR) is 204 cm³/mol. The first-order valence-electron chi connectivity index (χ1n) is 16.6.